The average molecular weight is 406 g/mol. The normalized spacial score (nSPS) is 8.00. The minimum atomic E-state index is -0.417. The molecule has 0 aromatic rings. The van der Waals surface area contributed by atoms with Gasteiger partial charge in [-0.15, -0.1) is 24.4 Å². The smallest absolute Gasteiger partial charge is 0.852 e. The van der Waals surface area contributed by atoms with Gasteiger partial charge in [0.2, 0.25) is 0 Å². The molecule has 18 heavy (non-hydrogen) atoms. The molecule has 0 atom stereocenters. The Bertz CT molecular complexity index is 67.1. The first-order valence-electron chi connectivity index (χ1n) is 5.56. The van der Waals surface area contributed by atoms with Crippen LogP contribution < -0.4 is 20.4 Å². The summed E-state index contributed by atoms with van der Waals surface area (Å²) >= 11 is 0. The Morgan fingerprint density at radius 2 is 0.444 bits per heavy atom. The Hall–Kier alpha value is 1.37. The molecule has 0 heterocycles. The third-order valence-electron chi connectivity index (χ3n) is 0. The second-order valence-electron chi connectivity index (χ2n) is 4.20. The van der Waals surface area contributed by atoms with E-state index in [-0.39, 0.29) is 46.1 Å². The molecule has 0 saturated carbocycles. The van der Waals surface area contributed by atoms with Gasteiger partial charge < -0.3 is 20.4 Å². The van der Waals surface area contributed by atoms with Crippen LogP contribution in [0, 0.1) is 0 Å². The summed E-state index contributed by atoms with van der Waals surface area (Å²) in [5.74, 6) is 0. The summed E-state index contributed by atoms with van der Waals surface area (Å²) in [5.41, 5.74) is 0. The van der Waals surface area contributed by atoms with Crippen LogP contribution in [-0.4, -0.2) is 48.8 Å². The van der Waals surface area contributed by atoms with E-state index >= 15 is 0 Å². The molecule has 0 aromatic heterocycles. The maximum Gasteiger partial charge on any atom is 4.00 e. The minimum absolute atomic E-state index is 0. The number of rotatable bonds is 0. The van der Waals surface area contributed by atoms with Crippen molar-refractivity contribution in [1.29, 1.82) is 0 Å². The minimum Gasteiger partial charge on any atom is -0.852 e. The molecule has 0 fully saturated rings. The monoisotopic (exact) mass is 405 g/mol. The molecule has 0 aliphatic heterocycles. The number of hydrogen-bond acceptors (Lipinski definition) is 4. The summed E-state index contributed by atoms with van der Waals surface area (Å²) in [7, 11) is 0. The maximum atomic E-state index is 9.53. The van der Waals surface area contributed by atoms with E-state index < -0.39 is 24.4 Å². The molecule has 0 N–H and O–H groups in total. The molecule has 0 spiro atoms. The Morgan fingerprint density at radius 1 is 0.444 bits per heavy atom. The van der Waals surface area contributed by atoms with Crippen LogP contribution in [0.2, 0.25) is 0 Å². The van der Waals surface area contributed by atoms with Crippen molar-refractivity contribution in [3.8, 4) is 0 Å². The van der Waals surface area contributed by atoms with Crippen LogP contribution in [-0.2, 0) is 21.7 Å². The first-order valence-corrected chi connectivity index (χ1v) is 5.56. The van der Waals surface area contributed by atoms with E-state index in [2.05, 4.69) is 0 Å². The third kappa shape index (κ3) is 2470. The Kier molecular flexibility index (Phi) is 63.0. The summed E-state index contributed by atoms with van der Waals surface area (Å²) in [6, 6.07) is 0. The van der Waals surface area contributed by atoms with Crippen molar-refractivity contribution in [3.05, 3.63) is 0 Å². The van der Waals surface area contributed by atoms with Crippen molar-refractivity contribution < 1.29 is 42.1 Å². The Balaban J connectivity index is -0.0000000257. The summed E-state index contributed by atoms with van der Waals surface area (Å²) in [4.78, 5) is 0. The van der Waals surface area contributed by atoms with Crippen LogP contribution in [0.25, 0.3) is 0 Å². The van der Waals surface area contributed by atoms with Gasteiger partial charge in [-0.2, -0.15) is 0 Å². The standard InChI is InChI=1S/4C3H7O.Sb.Ti/c4*1-3(2)4;;/h4*3H,1-2H3;;/q4*-1;+3;+4. The van der Waals surface area contributed by atoms with E-state index in [1.54, 1.807) is 55.4 Å². The topological polar surface area (TPSA) is 92.2 Å². The van der Waals surface area contributed by atoms with Gasteiger partial charge in [-0.1, -0.05) is 55.4 Å². The quantitative estimate of drug-likeness (QED) is 0.465. The van der Waals surface area contributed by atoms with Gasteiger partial charge in [0, 0.05) is 0 Å². The molecule has 2 radical (unpaired) electrons. The van der Waals surface area contributed by atoms with Gasteiger partial charge in [0.15, 0.2) is 0 Å². The molecule has 4 nitrogen and oxygen atoms in total. The molecule has 106 valence electrons. The molecule has 0 rings (SSSR count). The van der Waals surface area contributed by atoms with Gasteiger partial charge in [-0.05, 0) is 0 Å². The van der Waals surface area contributed by atoms with Gasteiger partial charge in [0.1, 0.15) is 0 Å². The van der Waals surface area contributed by atoms with Crippen LogP contribution in [0.15, 0.2) is 0 Å². The summed E-state index contributed by atoms with van der Waals surface area (Å²) in [6.45, 7) is 12.9. The predicted octanol–water partition coefficient (Wildman–Crippen LogP) is -1.36. The summed E-state index contributed by atoms with van der Waals surface area (Å²) in [6.07, 6.45) is -1.67. The molecular weight excluding hydrogens is 378 g/mol. The van der Waals surface area contributed by atoms with Gasteiger partial charge in [0.05, 0.1) is 0 Å². The summed E-state index contributed by atoms with van der Waals surface area (Å²) in [5, 5.41) is 38.1. The van der Waals surface area contributed by atoms with Crippen LogP contribution in [0.4, 0.5) is 0 Å². The van der Waals surface area contributed by atoms with E-state index in [4.69, 9.17) is 0 Å². The van der Waals surface area contributed by atoms with Gasteiger partial charge in [0.25, 0.3) is 0 Å². The van der Waals surface area contributed by atoms with Crippen molar-refractivity contribution in [2.24, 2.45) is 0 Å². The molecule has 0 saturated heterocycles. The maximum absolute atomic E-state index is 9.53. The van der Waals surface area contributed by atoms with Crippen LogP contribution in [0.3, 0.4) is 0 Å². The molecule has 0 aliphatic carbocycles. The fourth-order valence-corrected chi connectivity index (χ4v) is 0. The van der Waals surface area contributed by atoms with E-state index in [9.17, 15) is 20.4 Å². The second kappa shape index (κ2) is 31.0. The Morgan fingerprint density at radius 3 is 0.444 bits per heavy atom. The molecular formula is C12H28O4SbTi+3. The largest absolute Gasteiger partial charge is 4.00 e. The summed E-state index contributed by atoms with van der Waals surface area (Å²) < 4.78 is 0. The van der Waals surface area contributed by atoms with E-state index in [1.807, 2.05) is 0 Å². The molecule has 0 amide bonds. The average Bonchev–Trinajstić information content (AvgIpc) is 1.76. The van der Waals surface area contributed by atoms with Gasteiger partial charge in [-0.3, -0.25) is 0 Å². The molecule has 0 unspecified atom stereocenters. The predicted molar refractivity (Wildman–Crippen MR) is 66.3 cm³/mol. The van der Waals surface area contributed by atoms with Crippen molar-refractivity contribution in [3.63, 3.8) is 0 Å². The van der Waals surface area contributed by atoms with Gasteiger partial charge in [-0.25, -0.2) is 0 Å². The molecule has 6 heteroatoms. The van der Waals surface area contributed by atoms with Crippen molar-refractivity contribution in [1.82, 2.24) is 0 Å². The van der Waals surface area contributed by atoms with Crippen molar-refractivity contribution in [2.45, 2.75) is 79.8 Å². The first-order chi connectivity index (χ1) is 6.93. The fraction of sp³-hybridized carbons (Fsp3) is 1.00. The zero-order chi connectivity index (χ0) is 14.3. The molecule has 0 bridgehead atoms. The van der Waals surface area contributed by atoms with Crippen molar-refractivity contribution in [2.75, 3.05) is 0 Å². The van der Waals surface area contributed by atoms with Crippen LogP contribution in [0.5, 0.6) is 0 Å². The zero-order valence-corrected chi connectivity index (χ0v) is 17.0. The third-order valence-corrected chi connectivity index (χ3v) is 0. The van der Waals surface area contributed by atoms with Gasteiger partial charge >= 0.3 is 46.1 Å². The molecule has 0 aromatic carbocycles. The van der Waals surface area contributed by atoms with Crippen LogP contribution >= 0.6 is 0 Å². The SMILES string of the molecule is CC(C)[O-].CC(C)[O-].CC(C)[O-].CC(C)[O-].[Sb+3].[Ti+4]. The molecule has 0 aliphatic rings. The van der Waals surface area contributed by atoms with Crippen molar-refractivity contribution >= 4 is 24.4 Å². The van der Waals surface area contributed by atoms with E-state index in [0.717, 1.165) is 0 Å². The van der Waals surface area contributed by atoms with Crippen LogP contribution in [0.1, 0.15) is 55.4 Å². The van der Waals surface area contributed by atoms with E-state index in [0.29, 0.717) is 0 Å². The Labute approximate surface area is 146 Å². The zero-order valence-electron chi connectivity index (χ0n) is 12.9. The second-order valence-corrected chi connectivity index (χ2v) is 4.20. The fourth-order valence-electron chi connectivity index (χ4n) is 0. The first kappa shape index (κ1) is 36.6. The van der Waals surface area contributed by atoms with E-state index in [1.165, 1.54) is 0 Å². The number of hydrogen-bond donors (Lipinski definition) is 0.